The molecule has 0 aliphatic rings. The van der Waals surface area contributed by atoms with Gasteiger partial charge in [0.2, 0.25) is 0 Å². The zero-order chi connectivity index (χ0) is 20.3. The Balaban J connectivity index is 2.10. The summed E-state index contributed by atoms with van der Waals surface area (Å²) < 4.78 is 0. The SMILES string of the molecule is Cc1nc(-c2cccc(CN)c2)c(CO)nc1-c1cccc(C(=O)N(C)C)c1. The molecule has 3 rings (SSSR count). The van der Waals surface area contributed by atoms with Crippen LogP contribution in [0.3, 0.4) is 0 Å². The number of nitrogens with two attached hydrogens (primary N) is 1. The van der Waals surface area contributed by atoms with Crippen LogP contribution in [-0.4, -0.2) is 40.0 Å². The molecule has 1 amide bonds. The first kappa shape index (κ1) is 19.7. The molecule has 3 N–H and O–H groups in total. The van der Waals surface area contributed by atoms with E-state index in [-0.39, 0.29) is 12.5 Å². The molecule has 2 aromatic carbocycles. The number of carbonyl (C=O) groups is 1. The van der Waals surface area contributed by atoms with Gasteiger partial charge >= 0.3 is 0 Å². The Morgan fingerprint density at radius 1 is 1.04 bits per heavy atom. The Morgan fingerprint density at radius 2 is 1.71 bits per heavy atom. The zero-order valence-corrected chi connectivity index (χ0v) is 16.3. The summed E-state index contributed by atoms with van der Waals surface area (Å²) in [5.74, 6) is -0.0786. The third kappa shape index (κ3) is 3.93. The predicted octanol–water partition coefficient (Wildman–Crippen LogP) is 2.77. The van der Waals surface area contributed by atoms with Crippen molar-refractivity contribution in [2.45, 2.75) is 20.1 Å². The average Bonchev–Trinajstić information content (AvgIpc) is 2.73. The molecule has 6 nitrogen and oxygen atoms in total. The molecule has 144 valence electrons. The maximum Gasteiger partial charge on any atom is 0.253 e. The Labute approximate surface area is 164 Å². The minimum absolute atomic E-state index is 0.0786. The third-order valence-electron chi connectivity index (χ3n) is 4.52. The van der Waals surface area contributed by atoms with Gasteiger partial charge in [0.15, 0.2) is 0 Å². The number of hydrogen-bond acceptors (Lipinski definition) is 5. The molecule has 0 aliphatic carbocycles. The molecule has 0 fully saturated rings. The van der Waals surface area contributed by atoms with Crippen LogP contribution in [0.5, 0.6) is 0 Å². The fourth-order valence-corrected chi connectivity index (χ4v) is 3.07. The van der Waals surface area contributed by atoms with Gasteiger partial charge in [0, 0.05) is 37.3 Å². The smallest absolute Gasteiger partial charge is 0.253 e. The topological polar surface area (TPSA) is 92.3 Å². The van der Waals surface area contributed by atoms with Crippen molar-refractivity contribution in [1.82, 2.24) is 14.9 Å². The molecule has 0 spiro atoms. The van der Waals surface area contributed by atoms with Crippen LogP contribution in [0.1, 0.15) is 27.3 Å². The predicted molar refractivity (Wildman–Crippen MR) is 109 cm³/mol. The summed E-state index contributed by atoms with van der Waals surface area (Å²) in [6.45, 7) is 2.07. The number of carbonyl (C=O) groups excluding carboxylic acids is 1. The van der Waals surface area contributed by atoms with Crippen molar-refractivity contribution in [3.63, 3.8) is 0 Å². The maximum atomic E-state index is 12.3. The molecule has 0 radical (unpaired) electrons. The van der Waals surface area contributed by atoms with Gasteiger partial charge < -0.3 is 15.7 Å². The van der Waals surface area contributed by atoms with Crippen LogP contribution in [-0.2, 0) is 13.2 Å². The second-order valence-electron chi connectivity index (χ2n) is 6.80. The van der Waals surface area contributed by atoms with Crippen LogP contribution in [0.25, 0.3) is 22.5 Å². The van der Waals surface area contributed by atoms with Gasteiger partial charge in [-0.1, -0.05) is 30.3 Å². The number of aliphatic hydroxyl groups excluding tert-OH is 1. The van der Waals surface area contributed by atoms with E-state index < -0.39 is 0 Å². The summed E-state index contributed by atoms with van der Waals surface area (Å²) in [6, 6.07) is 15.0. The number of aryl methyl sites for hydroxylation is 1. The van der Waals surface area contributed by atoms with Gasteiger partial charge in [-0.15, -0.1) is 0 Å². The number of hydrogen-bond donors (Lipinski definition) is 2. The number of nitrogens with zero attached hydrogens (tertiary/aromatic N) is 3. The van der Waals surface area contributed by atoms with Crippen LogP contribution in [0.4, 0.5) is 0 Å². The molecule has 0 saturated heterocycles. The normalized spacial score (nSPS) is 10.8. The van der Waals surface area contributed by atoms with Gasteiger partial charge in [-0.05, 0) is 30.7 Å². The number of amides is 1. The summed E-state index contributed by atoms with van der Waals surface area (Å²) in [5, 5.41) is 9.90. The van der Waals surface area contributed by atoms with Crippen molar-refractivity contribution in [3.8, 4) is 22.5 Å². The fraction of sp³-hybridized carbons (Fsp3) is 0.227. The van der Waals surface area contributed by atoms with Crippen molar-refractivity contribution < 1.29 is 9.90 Å². The lowest BCUT2D eigenvalue weighted by Crippen LogP contribution is -2.21. The van der Waals surface area contributed by atoms with Gasteiger partial charge in [-0.2, -0.15) is 0 Å². The van der Waals surface area contributed by atoms with Crippen molar-refractivity contribution in [3.05, 3.63) is 71.0 Å². The molecule has 1 aromatic heterocycles. The van der Waals surface area contributed by atoms with Crippen molar-refractivity contribution >= 4 is 5.91 Å². The maximum absolute atomic E-state index is 12.3. The highest BCUT2D eigenvalue weighted by Crippen LogP contribution is 2.28. The second-order valence-corrected chi connectivity index (χ2v) is 6.80. The van der Waals surface area contributed by atoms with E-state index in [0.29, 0.717) is 29.2 Å². The van der Waals surface area contributed by atoms with E-state index in [2.05, 4.69) is 4.98 Å². The van der Waals surface area contributed by atoms with E-state index in [1.807, 2.05) is 43.3 Å². The van der Waals surface area contributed by atoms with Gasteiger partial charge in [0.1, 0.15) is 0 Å². The summed E-state index contributed by atoms with van der Waals surface area (Å²) in [5.41, 5.74) is 11.5. The Bertz CT molecular complexity index is 1020. The molecule has 6 heteroatoms. The summed E-state index contributed by atoms with van der Waals surface area (Å²) in [7, 11) is 3.43. The van der Waals surface area contributed by atoms with E-state index in [0.717, 1.165) is 22.4 Å². The first-order valence-electron chi connectivity index (χ1n) is 9.04. The highest BCUT2D eigenvalue weighted by atomic mass is 16.3. The van der Waals surface area contributed by atoms with Crippen molar-refractivity contribution in [1.29, 1.82) is 0 Å². The van der Waals surface area contributed by atoms with Gasteiger partial charge in [0.25, 0.3) is 5.91 Å². The standard InChI is InChI=1S/C22H24N4O2/c1-14-20(17-8-5-9-18(11-17)22(28)26(2)3)25-19(13-27)21(24-14)16-7-4-6-15(10-16)12-23/h4-11,27H,12-13,23H2,1-3H3. The quantitative estimate of drug-likeness (QED) is 0.714. The number of rotatable bonds is 5. The Morgan fingerprint density at radius 3 is 2.36 bits per heavy atom. The van der Waals surface area contributed by atoms with Crippen molar-refractivity contribution in [2.75, 3.05) is 14.1 Å². The van der Waals surface area contributed by atoms with Gasteiger partial charge in [-0.3, -0.25) is 4.79 Å². The number of aromatic nitrogens is 2. The molecule has 0 saturated carbocycles. The molecule has 0 aliphatic heterocycles. The van der Waals surface area contributed by atoms with E-state index in [1.165, 1.54) is 4.90 Å². The Kier molecular flexibility index (Phi) is 5.82. The van der Waals surface area contributed by atoms with Crippen LogP contribution < -0.4 is 5.73 Å². The van der Waals surface area contributed by atoms with Crippen LogP contribution >= 0.6 is 0 Å². The van der Waals surface area contributed by atoms with E-state index >= 15 is 0 Å². The first-order chi connectivity index (χ1) is 13.4. The average molecular weight is 376 g/mol. The highest BCUT2D eigenvalue weighted by molar-refractivity contribution is 5.95. The number of aliphatic hydroxyl groups is 1. The highest BCUT2D eigenvalue weighted by Gasteiger charge is 2.16. The molecule has 1 heterocycles. The van der Waals surface area contributed by atoms with Crippen LogP contribution in [0.15, 0.2) is 48.5 Å². The first-order valence-corrected chi connectivity index (χ1v) is 9.04. The molecular weight excluding hydrogens is 352 g/mol. The molecule has 3 aromatic rings. The van der Waals surface area contributed by atoms with E-state index in [1.54, 1.807) is 26.2 Å². The lowest BCUT2D eigenvalue weighted by Gasteiger charge is -2.14. The lowest BCUT2D eigenvalue weighted by atomic mass is 10.0. The fourth-order valence-electron chi connectivity index (χ4n) is 3.07. The van der Waals surface area contributed by atoms with Gasteiger partial charge in [-0.25, -0.2) is 9.97 Å². The third-order valence-corrected chi connectivity index (χ3v) is 4.52. The summed E-state index contributed by atoms with van der Waals surface area (Å²) >= 11 is 0. The molecule has 0 bridgehead atoms. The minimum Gasteiger partial charge on any atom is -0.390 e. The second kappa shape index (κ2) is 8.29. The number of benzene rings is 2. The van der Waals surface area contributed by atoms with Crippen LogP contribution in [0.2, 0.25) is 0 Å². The van der Waals surface area contributed by atoms with E-state index in [9.17, 15) is 9.90 Å². The molecular formula is C22H24N4O2. The largest absolute Gasteiger partial charge is 0.390 e. The summed E-state index contributed by atoms with van der Waals surface area (Å²) in [6.07, 6.45) is 0. The molecule has 0 unspecified atom stereocenters. The zero-order valence-electron chi connectivity index (χ0n) is 16.3. The Hall–Kier alpha value is -3.09. The molecule has 0 atom stereocenters. The monoisotopic (exact) mass is 376 g/mol. The lowest BCUT2D eigenvalue weighted by molar-refractivity contribution is 0.0827. The minimum atomic E-state index is -0.237. The molecule has 28 heavy (non-hydrogen) atoms. The summed E-state index contributed by atoms with van der Waals surface area (Å²) in [4.78, 5) is 23.2. The van der Waals surface area contributed by atoms with Gasteiger partial charge in [0.05, 0.1) is 29.4 Å². The van der Waals surface area contributed by atoms with E-state index in [4.69, 9.17) is 10.7 Å². The van der Waals surface area contributed by atoms with Crippen LogP contribution in [0, 0.1) is 6.92 Å². The van der Waals surface area contributed by atoms with Crippen molar-refractivity contribution in [2.24, 2.45) is 5.73 Å².